The van der Waals surface area contributed by atoms with Crippen molar-refractivity contribution in [1.29, 1.82) is 0 Å². The molecule has 0 saturated heterocycles. The fourth-order valence-corrected chi connectivity index (χ4v) is 2.52. The summed E-state index contributed by atoms with van der Waals surface area (Å²) in [7, 11) is 0. The largest absolute Gasteiger partial charge is 0.426 e. The zero-order valence-corrected chi connectivity index (χ0v) is 15.1. The van der Waals surface area contributed by atoms with E-state index in [4.69, 9.17) is 14.9 Å². The van der Waals surface area contributed by atoms with Gasteiger partial charge in [-0.2, -0.15) is 0 Å². The van der Waals surface area contributed by atoms with Crippen LogP contribution in [0.15, 0.2) is 46.9 Å². The number of para-hydroxylation sites is 1. The smallest absolute Gasteiger partial charge is 0.290 e. The monoisotopic (exact) mass is 352 g/mol. The Morgan fingerprint density at radius 1 is 1.25 bits per heavy atom. The van der Waals surface area contributed by atoms with E-state index >= 15 is 0 Å². The molecule has 132 valence electrons. The molecule has 6 heteroatoms. The Bertz CT molecular complexity index is 643. The number of hydrogen-bond acceptors (Lipinski definition) is 4. The van der Waals surface area contributed by atoms with Crippen LogP contribution in [-0.4, -0.2) is 18.0 Å². The number of carbonyl (C=O) groups excluding carboxylic acids is 1. The van der Waals surface area contributed by atoms with E-state index in [0.29, 0.717) is 18.2 Å². The maximum Gasteiger partial charge on any atom is 0.290 e. The number of ether oxygens (including phenoxy) is 1. The van der Waals surface area contributed by atoms with Crippen molar-refractivity contribution in [3.8, 4) is 11.7 Å². The van der Waals surface area contributed by atoms with E-state index < -0.39 is 5.54 Å². The Labute approximate surface area is 149 Å². The number of nitrogens with two attached hydrogens (primary N) is 1. The molecule has 1 aromatic carbocycles. The number of amides is 1. The third-order valence-corrected chi connectivity index (χ3v) is 3.49. The van der Waals surface area contributed by atoms with E-state index in [1.54, 1.807) is 12.1 Å². The zero-order valence-electron chi connectivity index (χ0n) is 14.2. The highest BCUT2D eigenvalue weighted by Gasteiger charge is 2.27. The van der Waals surface area contributed by atoms with Gasteiger partial charge in [0.15, 0.2) is 5.76 Å². The van der Waals surface area contributed by atoms with Crippen LogP contribution in [-0.2, 0) is 0 Å². The number of rotatable bonds is 7. The lowest BCUT2D eigenvalue weighted by molar-refractivity contribution is 0.0864. The van der Waals surface area contributed by atoms with E-state index in [0.717, 1.165) is 6.42 Å². The molecule has 2 aromatic rings. The van der Waals surface area contributed by atoms with E-state index in [1.807, 2.05) is 37.3 Å². The fourth-order valence-electron chi connectivity index (χ4n) is 2.52. The molecular weight excluding hydrogens is 328 g/mol. The summed E-state index contributed by atoms with van der Waals surface area (Å²) in [6, 6.07) is 12.5. The molecule has 0 aliphatic heterocycles. The van der Waals surface area contributed by atoms with Gasteiger partial charge in [-0.25, -0.2) is 0 Å². The van der Waals surface area contributed by atoms with Gasteiger partial charge < -0.3 is 20.2 Å². The van der Waals surface area contributed by atoms with E-state index in [2.05, 4.69) is 19.2 Å². The quantitative estimate of drug-likeness (QED) is 0.789. The van der Waals surface area contributed by atoms with E-state index in [9.17, 15) is 4.79 Å². The van der Waals surface area contributed by atoms with Crippen molar-refractivity contribution < 1.29 is 13.9 Å². The third-order valence-electron chi connectivity index (χ3n) is 3.49. The third kappa shape index (κ3) is 5.58. The number of halogens is 1. The second kappa shape index (κ2) is 8.76. The normalized spacial score (nSPS) is 13.0. The molecule has 24 heavy (non-hydrogen) atoms. The van der Waals surface area contributed by atoms with Crippen LogP contribution in [0.5, 0.6) is 11.7 Å². The first-order chi connectivity index (χ1) is 10.9. The summed E-state index contributed by atoms with van der Waals surface area (Å²) in [5.74, 6) is 1.28. The van der Waals surface area contributed by atoms with Gasteiger partial charge in [-0.15, -0.1) is 12.4 Å². The Balaban J connectivity index is 0.00000288. The van der Waals surface area contributed by atoms with Crippen molar-refractivity contribution in [3.63, 3.8) is 0 Å². The van der Waals surface area contributed by atoms with Gasteiger partial charge in [0.05, 0.1) is 5.54 Å². The maximum atomic E-state index is 12.4. The van der Waals surface area contributed by atoms with Crippen molar-refractivity contribution >= 4 is 18.3 Å². The number of hydrogen-bond donors (Lipinski definition) is 2. The molecule has 0 aliphatic carbocycles. The van der Waals surface area contributed by atoms with Crippen molar-refractivity contribution in [2.24, 2.45) is 11.7 Å². The van der Waals surface area contributed by atoms with Crippen LogP contribution < -0.4 is 15.8 Å². The van der Waals surface area contributed by atoms with Gasteiger partial charge >= 0.3 is 0 Å². The number of carbonyl (C=O) groups is 1. The second-order valence-corrected chi connectivity index (χ2v) is 6.35. The molecule has 0 fully saturated rings. The first kappa shape index (κ1) is 20.1. The molecule has 0 spiro atoms. The highest BCUT2D eigenvalue weighted by molar-refractivity contribution is 5.92. The van der Waals surface area contributed by atoms with Crippen LogP contribution in [0.1, 0.15) is 37.7 Å². The van der Waals surface area contributed by atoms with Gasteiger partial charge in [0.2, 0.25) is 0 Å². The summed E-state index contributed by atoms with van der Waals surface area (Å²) in [6.45, 7) is 6.50. The fraction of sp³-hybridized carbons (Fsp3) is 0.389. The number of benzene rings is 1. The Kier molecular flexibility index (Phi) is 7.32. The standard InChI is InChI=1S/C18H24N2O3.ClH/c1-13(2)11-18(3,12-19)20-17(21)15-9-10-16(23-15)22-14-7-5-4-6-8-14;/h4-10,13H,11-12,19H2,1-3H3,(H,20,21);1H. The highest BCUT2D eigenvalue weighted by Crippen LogP contribution is 2.24. The molecule has 5 nitrogen and oxygen atoms in total. The SMILES string of the molecule is CC(C)CC(C)(CN)NC(=O)c1ccc(Oc2ccccc2)o1.Cl. The van der Waals surface area contributed by atoms with Crippen LogP contribution in [0.3, 0.4) is 0 Å². The first-order valence-electron chi connectivity index (χ1n) is 7.77. The second-order valence-electron chi connectivity index (χ2n) is 6.35. The van der Waals surface area contributed by atoms with Gasteiger partial charge in [-0.05, 0) is 37.5 Å². The van der Waals surface area contributed by atoms with Crippen LogP contribution in [0, 0.1) is 5.92 Å². The van der Waals surface area contributed by atoms with Crippen molar-refractivity contribution in [1.82, 2.24) is 5.32 Å². The first-order valence-corrected chi connectivity index (χ1v) is 7.77. The highest BCUT2D eigenvalue weighted by atomic mass is 35.5. The summed E-state index contributed by atoms with van der Waals surface area (Å²) in [4.78, 5) is 12.4. The Morgan fingerprint density at radius 3 is 2.50 bits per heavy atom. The maximum absolute atomic E-state index is 12.4. The molecule has 2 rings (SSSR count). The molecule has 0 aliphatic rings. The molecular formula is C18H25ClN2O3. The molecule has 1 atom stereocenters. The zero-order chi connectivity index (χ0) is 16.9. The summed E-state index contributed by atoms with van der Waals surface area (Å²) in [5, 5.41) is 2.95. The van der Waals surface area contributed by atoms with E-state index in [-0.39, 0.29) is 30.0 Å². The lowest BCUT2D eigenvalue weighted by Gasteiger charge is -2.30. The summed E-state index contributed by atoms with van der Waals surface area (Å²) < 4.78 is 11.0. The van der Waals surface area contributed by atoms with Gasteiger partial charge in [0.1, 0.15) is 5.75 Å². The molecule has 1 amide bonds. The molecule has 0 saturated carbocycles. The molecule has 0 bridgehead atoms. The minimum Gasteiger partial charge on any atom is -0.426 e. The Morgan fingerprint density at radius 2 is 1.92 bits per heavy atom. The predicted octanol–water partition coefficient (Wildman–Crippen LogP) is 3.99. The van der Waals surface area contributed by atoms with Crippen molar-refractivity contribution in [2.75, 3.05) is 6.54 Å². The summed E-state index contributed by atoms with van der Waals surface area (Å²) >= 11 is 0. The lowest BCUT2D eigenvalue weighted by atomic mass is 9.90. The topological polar surface area (TPSA) is 77.5 Å². The van der Waals surface area contributed by atoms with Crippen molar-refractivity contribution in [2.45, 2.75) is 32.7 Å². The molecule has 1 unspecified atom stereocenters. The van der Waals surface area contributed by atoms with Crippen LogP contribution >= 0.6 is 12.4 Å². The number of nitrogens with one attached hydrogen (secondary N) is 1. The minimum atomic E-state index is -0.460. The predicted molar refractivity (Wildman–Crippen MR) is 96.9 cm³/mol. The van der Waals surface area contributed by atoms with Crippen LogP contribution in [0.2, 0.25) is 0 Å². The average Bonchev–Trinajstić information content (AvgIpc) is 2.96. The average molecular weight is 353 g/mol. The van der Waals surface area contributed by atoms with E-state index in [1.165, 1.54) is 0 Å². The molecule has 3 N–H and O–H groups in total. The van der Waals surface area contributed by atoms with Crippen molar-refractivity contribution in [3.05, 3.63) is 48.2 Å². The lowest BCUT2D eigenvalue weighted by Crippen LogP contribution is -2.52. The summed E-state index contributed by atoms with van der Waals surface area (Å²) in [5.41, 5.74) is 5.36. The molecule has 1 heterocycles. The molecule has 1 aromatic heterocycles. The van der Waals surface area contributed by atoms with Gasteiger partial charge in [-0.3, -0.25) is 4.79 Å². The van der Waals surface area contributed by atoms with Gasteiger partial charge in [0, 0.05) is 12.6 Å². The minimum absolute atomic E-state index is 0. The van der Waals surface area contributed by atoms with Gasteiger partial charge in [-0.1, -0.05) is 32.0 Å². The summed E-state index contributed by atoms with van der Waals surface area (Å²) in [6.07, 6.45) is 0.795. The van der Waals surface area contributed by atoms with Crippen LogP contribution in [0.25, 0.3) is 0 Å². The number of furan rings is 1. The molecule has 0 radical (unpaired) electrons. The van der Waals surface area contributed by atoms with Crippen LogP contribution in [0.4, 0.5) is 0 Å². The Hall–Kier alpha value is -1.98. The van der Waals surface area contributed by atoms with Gasteiger partial charge in [0.25, 0.3) is 11.9 Å².